The molecule has 1 fully saturated rings. The predicted octanol–water partition coefficient (Wildman–Crippen LogP) is 7.73. The van der Waals surface area contributed by atoms with Crippen LogP contribution < -0.4 is 0 Å². The maximum Gasteiger partial charge on any atom is 0.106 e. The van der Waals surface area contributed by atoms with Gasteiger partial charge in [0, 0.05) is 11.3 Å². The zero-order chi connectivity index (χ0) is 21.7. The average Bonchev–Trinajstić information content (AvgIpc) is 3.44. The summed E-state index contributed by atoms with van der Waals surface area (Å²) >= 11 is 0. The second-order valence-corrected chi connectivity index (χ2v) is 12.1. The summed E-state index contributed by atoms with van der Waals surface area (Å²) in [4.78, 5) is 1.66. The molecule has 2 aliphatic heterocycles. The van der Waals surface area contributed by atoms with E-state index in [9.17, 15) is 0 Å². The lowest BCUT2D eigenvalue weighted by Crippen LogP contribution is -2.34. The zero-order valence-corrected chi connectivity index (χ0v) is 20.6. The van der Waals surface area contributed by atoms with Gasteiger partial charge in [0.05, 0.1) is 6.10 Å². The van der Waals surface area contributed by atoms with E-state index < -0.39 is 0 Å². The highest BCUT2D eigenvalue weighted by atomic mass is 32.1. The van der Waals surface area contributed by atoms with E-state index in [4.69, 9.17) is 4.74 Å². The van der Waals surface area contributed by atoms with Crippen molar-refractivity contribution in [3.05, 3.63) is 53.6 Å². The number of ether oxygens (including phenoxy) is 1. The van der Waals surface area contributed by atoms with Crippen molar-refractivity contribution in [2.24, 2.45) is 35.5 Å². The minimum absolute atomic E-state index is 0.407. The summed E-state index contributed by atoms with van der Waals surface area (Å²) in [5.41, 5.74) is 4.82. The molecule has 1 nitrogen and oxygen atoms in total. The van der Waals surface area contributed by atoms with Gasteiger partial charge in [0.25, 0.3) is 0 Å². The minimum Gasteiger partial charge on any atom is -0.337 e. The van der Waals surface area contributed by atoms with Crippen molar-refractivity contribution < 1.29 is 4.74 Å². The molecule has 1 saturated carbocycles. The Hall–Kier alpha value is -1.38. The Bertz CT molecular complexity index is 995. The van der Waals surface area contributed by atoms with E-state index in [1.54, 1.807) is 16.0 Å². The average molecular weight is 447 g/mol. The summed E-state index contributed by atoms with van der Waals surface area (Å²) in [5, 5.41) is 1.32. The van der Waals surface area contributed by atoms with E-state index in [1.807, 2.05) is 10.9 Å². The summed E-state index contributed by atoms with van der Waals surface area (Å²) in [6.07, 6.45) is 17.6. The van der Waals surface area contributed by atoms with E-state index in [1.165, 1.54) is 55.6 Å². The molecule has 2 heteroatoms. The van der Waals surface area contributed by atoms with Gasteiger partial charge in [-0.3, -0.25) is 0 Å². The Morgan fingerprint density at radius 2 is 1.78 bits per heavy atom. The molecule has 32 heavy (non-hydrogen) atoms. The van der Waals surface area contributed by atoms with E-state index in [0.717, 1.165) is 30.6 Å². The van der Waals surface area contributed by atoms with Crippen molar-refractivity contribution in [3.8, 4) is 0 Å². The quantitative estimate of drug-likeness (QED) is 0.422. The van der Waals surface area contributed by atoms with Gasteiger partial charge in [-0.25, -0.2) is 0 Å². The fourth-order valence-corrected chi connectivity index (χ4v) is 8.87. The summed E-state index contributed by atoms with van der Waals surface area (Å²) < 4.78 is 6.72. The molecule has 1 aromatic carbocycles. The van der Waals surface area contributed by atoms with E-state index >= 15 is 0 Å². The number of allylic oxidation sites excluding steroid dienone is 4. The van der Waals surface area contributed by atoms with E-state index in [2.05, 4.69) is 56.3 Å². The number of benzene rings is 1. The van der Waals surface area contributed by atoms with Gasteiger partial charge in [0.2, 0.25) is 0 Å². The number of fused-ring (bicyclic) bond motifs is 6. The molecular weight excluding hydrogens is 408 g/mol. The predicted molar refractivity (Wildman–Crippen MR) is 139 cm³/mol. The third kappa shape index (κ3) is 3.62. The van der Waals surface area contributed by atoms with Gasteiger partial charge in [0.1, 0.15) is 5.05 Å². The molecule has 2 heterocycles. The molecule has 0 aromatic heterocycles. The molecule has 0 radical (unpaired) electrons. The molecule has 0 amide bonds. The monoisotopic (exact) mass is 446 g/mol. The molecule has 5 aliphatic rings. The molecule has 170 valence electrons. The summed E-state index contributed by atoms with van der Waals surface area (Å²) in [5.74, 6) is 4.26. The lowest BCUT2D eigenvalue weighted by molar-refractivity contribution is 0.164. The van der Waals surface area contributed by atoms with Crippen LogP contribution in [-0.2, 0) is 4.74 Å². The Kier molecular flexibility index (Phi) is 5.80. The third-order valence-electron chi connectivity index (χ3n) is 9.11. The van der Waals surface area contributed by atoms with Crippen LogP contribution in [-0.4, -0.2) is 16.0 Å². The third-order valence-corrected chi connectivity index (χ3v) is 10.5. The van der Waals surface area contributed by atoms with Crippen LogP contribution in [0.1, 0.15) is 77.2 Å². The van der Waals surface area contributed by atoms with Gasteiger partial charge < -0.3 is 4.74 Å². The first-order chi connectivity index (χ1) is 15.7. The van der Waals surface area contributed by atoms with Crippen LogP contribution in [0.25, 0.3) is 5.57 Å². The Balaban J connectivity index is 1.44. The molecule has 3 aliphatic carbocycles. The molecule has 6 rings (SSSR count). The summed E-state index contributed by atoms with van der Waals surface area (Å²) in [7, 11) is 2.02. The fourth-order valence-electron chi connectivity index (χ4n) is 7.52. The second-order valence-electron chi connectivity index (χ2n) is 11.0. The van der Waals surface area contributed by atoms with Crippen LogP contribution in [0.3, 0.4) is 0 Å². The largest absolute Gasteiger partial charge is 0.337 e. The highest BCUT2D eigenvalue weighted by molar-refractivity contribution is 7.98. The van der Waals surface area contributed by atoms with Crippen LogP contribution in [0, 0.1) is 35.5 Å². The highest BCUT2D eigenvalue weighted by Crippen LogP contribution is 2.58. The minimum atomic E-state index is 0.407. The van der Waals surface area contributed by atoms with Crippen LogP contribution in [0.4, 0.5) is 0 Å². The molecule has 7 atom stereocenters. The zero-order valence-electron chi connectivity index (χ0n) is 19.8. The van der Waals surface area contributed by atoms with Crippen LogP contribution in [0.15, 0.2) is 48.1 Å². The van der Waals surface area contributed by atoms with Crippen molar-refractivity contribution >= 4 is 26.4 Å². The lowest BCUT2D eigenvalue weighted by atomic mass is 9.65. The second kappa shape index (κ2) is 8.76. The van der Waals surface area contributed by atoms with E-state index in [-0.39, 0.29) is 0 Å². The lowest BCUT2D eigenvalue weighted by Gasteiger charge is -2.40. The van der Waals surface area contributed by atoms with Crippen LogP contribution in [0.2, 0.25) is 0 Å². The van der Waals surface area contributed by atoms with Gasteiger partial charge in [-0.15, -0.1) is 10.9 Å². The first kappa shape index (κ1) is 21.2. The maximum atomic E-state index is 6.72. The van der Waals surface area contributed by atoms with Crippen LogP contribution >= 0.6 is 10.9 Å². The molecule has 0 N–H and O–H groups in total. The van der Waals surface area contributed by atoms with Crippen molar-refractivity contribution in [1.29, 1.82) is 0 Å². The summed E-state index contributed by atoms with van der Waals surface area (Å²) in [6, 6.07) is 11.3. The molecule has 2 bridgehead atoms. The highest BCUT2D eigenvalue weighted by Gasteiger charge is 2.50. The topological polar surface area (TPSA) is 9.23 Å². The molecule has 1 aromatic rings. The molecular formula is C30H38OS. The van der Waals surface area contributed by atoms with E-state index in [0.29, 0.717) is 23.9 Å². The molecule has 3 unspecified atom stereocenters. The van der Waals surface area contributed by atoms with Crippen molar-refractivity contribution in [1.82, 2.24) is 0 Å². The summed E-state index contributed by atoms with van der Waals surface area (Å²) in [6.45, 7) is 4.78. The first-order valence-corrected chi connectivity index (χ1v) is 14.1. The number of hydrogen-bond acceptors (Lipinski definition) is 1. The fraction of sp³-hybridized carbons (Fsp3) is 0.600. The Morgan fingerprint density at radius 1 is 0.938 bits per heavy atom. The smallest absolute Gasteiger partial charge is 0.106 e. The molecule has 0 spiro atoms. The van der Waals surface area contributed by atoms with Gasteiger partial charge >= 0.3 is 0 Å². The van der Waals surface area contributed by atoms with Crippen molar-refractivity contribution in [2.75, 3.05) is 0 Å². The van der Waals surface area contributed by atoms with Crippen molar-refractivity contribution in [2.45, 2.75) is 77.7 Å². The Morgan fingerprint density at radius 3 is 2.62 bits per heavy atom. The number of rotatable bonds is 2. The van der Waals surface area contributed by atoms with Gasteiger partial charge in [0.15, 0.2) is 0 Å². The van der Waals surface area contributed by atoms with Crippen LogP contribution in [0.5, 0.6) is 0 Å². The number of hydrogen-bond donors (Lipinski definition) is 0. The Labute approximate surface area is 197 Å². The molecule has 0 saturated heterocycles. The standard InChI is InChI=1S/C30H38OS/c1-3-22-14-8-7-10-19(2)30-27-17-25-23-15-9-13-21(23)16-24(20-11-5-4-6-12-20)29(25)26(27)18-28(31-22)32-30/h4-6,11-12,16-17,19,21-23,25-26,29H,3,7-10,13-15,18H2,1-2H3/t19-,21?,22+,23-,25?,26-,29?/m1/s1. The SMILES string of the molecule is CC[C@H]1CCCC[C@@H](C)C2=S=C(C[C@@H]3C2=CC2C3C(c3ccccc3)=CC3CCC[C@H]32)O1. The van der Waals surface area contributed by atoms with Crippen molar-refractivity contribution in [3.63, 3.8) is 0 Å². The maximum absolute atomic E-state index is 6.72. The van der Waals surface area contributed by atoms with Gasteiger partial charge in [-0.2, -0.15) is 0 Å². The van der Waals surface area contributed by atoms with Gasteiger partial charge in [-0.05, 0) is 84.3 Å². The van der Waals surface area contributed by atoms with Gasteiger partial charge in [-0.1, -0.05) is 75.6 Å². The normalized spacial score (nSPS) is 38.8. The first-order valence-electron chi connectivity index (χ1n) is 13.3.